The zero-order valence-electron chi connectivity index (χ0n) is 8.89. The highest BCUT2D eigenvalue weighted by molar-refractivity contribution is 5.03. The molecule has 0 amide bonds. The predicted molar refractivity (Wildman–Crippen MR) is 57.3 cm³/mol. The number of aliphatic hydroxyl groups excluding tert-OH is 2. The van der Waals surface area contributed by atoms with Gasteiger partial charge in [0.25, 0.3) is 0 Å². The minimum absolute atomic E-state index is 0.116. The van der Waals surface area contributed by atoms with Crippen molar-refractivity contribution in [1.29, 1.82) is 0 Å². The molecule has 0 saturated carbocycles. The third kappa shape index (κ3) is 4.92. The van der Waals surface area contributed by atoms with Crippen LogP contribution >= 0.6 is 0 Å². The van der Waals surface area contributed by atoms with E-state index in [0.717, 1.165) is 31.5 Å². The fourth-order valence-electron chi connectivity index (χ4n) is 1.32. The first-order valence-corrected chi connectivity index (χ1v) is 5.30. The lowest BCUT2D eigenvalue weighted by Gasteiger charge is -2.01. The quantitative estimate of drug-likeness (QED) is 0.520. The molecule has 5 heteroatoms. The van der Waals surface area contributed by atoms with Crippen LogP contribution in [0.4, 0.5) is 0 Å². The molecule has 1 rings (SSSR count). The van der Waals surface area contributed by atoms with Crippen LogP contribution in [-0.2, 0) is 13.1 Å². The summed E-state index contributed by atoms with van der Waals surface area (Å²) in [5, 5.41) is 24.6. The van der Waals surface area contributed by atoms with E-state index in [1.165, 1.54) is 0 Å². The van der Waals surface area contributed by atoms with Gasteiger partial charge in [0.15, 0.2) is 0 Å². The van der Waals surface area contributed by atoms with E-state index in [1.807, 2.05) is 6.20 Å². The Morgan fingerprint density at radius 2 is 2.13 bits per heavy atom. The first-order valence-electron chi connectivity index (χ1n) is 5.30. The van der Waals surface area contributed by atoms with Crippen molar-refractivity contribution in [3.05, 3.63) is 18.0 Å². The molecular formula is C10H19N3O2. The second kappa shape index (κ2) is 7.39. The first kappa shape index (κ1) is 12.2. The van der Waals surface area contributed by atoms with E-state index >= 15 is 0 Å². The van der Waals surface area contributed by atoms with Gasteiger partial charge in [-0.05, 0) is 19.4 Å². The van der Waals surface area contributed by atoms with E-state index in [2.05, 4.69) is 10.4 Å². The Morgan fingerprint density at radius 1 is 1.27 bits per heavy atom. The molecule has 0 radical (unpaired) electrons. The largest absolute Gasteiger partial charge is 0.396 e. The number of aliphatic hydroxyl groups is 2. The van der Waals surface area contributed by atoms with Crippen LogP contribution in [-0.4, -0.2) is 39.8 Å². The van der Waals surface area contributed by atoms with Crippen molar-refractivity contribution in [2.24, 2.45) is 0 Å². The van der Waals surface area contributed by atoms with E-state index in [9.17, 15) is 0 Å². The van der Waals surface area contributed by atoms with Crippen molar-refractivity contribution in [2.45, 2.75) is 25.9 Å². The third-order valence-electron chi connectivity index (χ3n) is 2.11. The van der Waals surface area contributed by atoms with Crippen molar-refractivity contribution >= 4 is 0 Å². The van der Waals surface area contributed by atoms with Gasteiger partial charge in [-0.25, -0.2) is 0 Å². The minimum Gasteiger partial charge on any atom is -0.396 e. The second-order valence-electron chi connectivity index (χ2n) is 3.44. The molecule has 0 aromatic carbocycles. The van der Waals surface area contributed by atoms with E-state index in [-0.39, 0.29) is 13.2 Å². The molecule has 0 spiro atoms. The molecule has 0 aliphatic heterocycles. The van der Waals surface area contributed by atoms with Gasteiger partial charge < -0.3 is 15.5 Å². The highest BCUT2D eigenvalue weighted by Gasteiger charge is 1.97. The first-order chi connectivity index (χ1) is 7.36. The molecule has 1 heterocycles. The molecule has 3 N–H and O–H groups in total. The zero-order chi connectivity index (χ0) is 10.9. The van der Waals surface area contributed by atoms with Gasteiger partial charge in [0.2, 0.25) is 0 Å². The maximum atomic E-state index is 8.70. The van der Waals surface area contributed by atoms with Gasteiger partial charge in [-0.1, -0.05) is 0 Å². The van der Waals surface area contributed by atoms with Crippen LogP contribution in [0.25, 0.3) is 0 Å². The monoisotopic (exact) mass is 213 g/mol. The molecule has 0 fully saturated rings. The van der Waals surface area contributed by atoms with Gasteiger partial charge >= 0.3 is 0 Å². The molecule has 1 aromatic heterocycles. The van der Waals surface area contributed by atoms with Gasteiger partial charge in [0.05, 0.1) is 19.3 Å². The van der Waals surface area contributed by atoms with Crippen LogP contribution in [0.15, 0.2) is 12.4 Å². The van der Waals surface area contributed by atoms with Crippen molar-refractivity contribution in [2.75, 3.05) is 19.8 Å². The number of nitrogens with one attached hydrogen (secondary N) is 1. The average Bonchev–Trinajstić information content (AvgIpc) is 2.66. The Morgan fingerprint density at radius 3 is 2.87 bits per heavy atom. The van der Waals surface area contributed by atoms with Crippen LogP contribution < -0.4 is 5.32 Å². The van der Waals surface area contributed by atoms with E-state index in [4.69, 9.17) is 10.2 Å². The van der Waals surface area contributed by atoms with Crippen LogP contribution in [0.2, 0.25) is 0 Å². The number of hydrogen-bond donors (Lipinski definition) is 3. The third-order valence-corrected chi connectivity index (χ3v) is 2.11. The number of nitrogens with zero attached hydrogens (tertiary/aromatic N) is 2. The number of aromatic nitrogens is 2. The Bertz CT molecular complexity index is 263. The van der Waals surface area contributed by atoms with Crippen molar-refractivity contribution in [3.63, 3.8) is 0 Å². The molecule has 15 heavy (non-hydrogen) atoms. The van der Waals surface area contributed by atoms with Crippen LogP contribution in [0.3, 0.4) is 0 Å². The number of unbranched alkanes of at least 4 members (excludes halogenated alkanes) is 1. The SMILES string of the molecule is OCCCCNCc1cnn(CCO)c1. The maximum Gasteiger partial charge on any atom is 0.0640 e. The Kier molecular flexibility index (Phi) is 5.99. The molecule has 0 aliphatic carbocycles. The molecule has 0 atom stereocenters. The summed E-state index contributed by atoms with van der Waals surface area (Å²) in [7, 11) is 0. The Labute approximate surface area is 89.7 Å². The van der Waals surface area contributed by atoms with Crippen molar-refractivity contribution in [3.8, 4) is 0 Å². The number of rotatable bonds is 8. The number of hydrogen-bond acceptors (Lipinski definition) is 4. The summed E-state index contributed by atoms with van der Waals surface area (Å²) in [5.41, 5.74) is 1.12. The predicted octanol–water partition coefficient (Wildman–Crippen LogP) is -0.263. The highest BCUT2D eigenvalue weighted by Crippen LogP contribution is 1.97. The van der Waals surface area contributed by atoms with Gasteiger partial charge in [-0.2, -0.15) is 5.10 Å². The van der Waals surface area contributed by atoms with Crippen LogP contribution in [0.1, 0.15) is 18.4 Å². The summed E-state index contributed by atoms with van der Waals surface area (Å²) in [4.78, 5) is 0. The summed E-state index contributed by atoms with van der Waals surface area (Å²) in [5.74, 6) is 0. The second-order valence-corrected chi connectivity index (χ2v) is 3.44. The van der Waals surface area contributed by atoms with Crippen LogP contribution in [0.5, 0.6) is 0 Å². The summed E-state index contributed by atoms with van der Waals surface area (Å²) < 4.78 is 1.73. The Balaban J connectivity index is 2.14. The molecule has 0 unspecified atom stereocenters. The van der Waals surface area contributed by atoms with Crippen LogP contribution in [0, 0.1) is 0 Å². The fraction of sp³-hybridized carbons (Fsp3) is 0.700. The molecule has 0 aliphatic rings. The van der Waals surface area contributed by atoms with E-state index < -0.39 is 0 Å². The fourth-order valence-corrected chi connectivity index (χ4v) is 1.32. The highest BCUT2D eigenvalue weighted by atomic mass is 16.3. The topological polar surface area (TPSA) is 70.3 Å². The van der Waals surface area contributed by atoms with E-state index in [0.29, 0.717) is 6.54 Å². The van der Waals surface area contributed by atoms with Gasteiger partial charge in [-0.3, -0.25) is 4.68 Å². The molecule has 86 valence electrons. The lowest BCUT2D eigenvalue weighted by molar-refractivity contribution is 0.269. The van der Waals surface area contributed by atoms with Gasteiger partial charge in [0, 0.05) is 24.9 Å². The molecule has 1 aromatic rings. The lowest BCUT2D eigenvalue weighted by Crippen LogP contribution is -2.14. The Hall–Kier alpha value is -0.910. The summed E-state index contributed by atoms with van der Waals surface area (Å²) >= 11 is 0. The van der Waals surface area contributed by atoms with E-state index in [1.54, 1.807) is 10.9 Å². The molecule has 5 nitrogen and oxygen atoms in total. The van der Waals surface area contributed by atoms with Gasteiger partial charge in [0.1, 0.15) is 0 Å². The standard InChI is InChI=1S/C10H19N3O2/c14-5-2-1-3-11-7-10-8-12-13(9-10)4-6-15/h8-9,11,14-15H,1-7H2. The summed E-state index contributed by atoms with van der Waals surface area (Å²) in [6.45, 7) is 2.62. The van der Waals surface area contributed by atoms with Gasteiger partial charge in [-0.15, -0.1) is 0 Å². The normalized spacial score (nSPS) is 10.8. The minimum atomic E-state index is 0.116. The lowest BCUT2D eigenvalue weighted by atomic mass is 10.3. The summed E-state index contributed by atoms with van der Waals surface area (Å²) in [6.07, 6.45) is 5.56. The molecule has 0 saturated heterocycles. The smallest absolute Gasteiger partial charge is 0.0640 e. The summed E-state index contributed by atoms with van der Waals surface area (Å²) in [6, 6.07) is 0. The van der Waals surface area contributed by atoms with Crippen molar-refractivity contribution < 1.29 is 10.2 Å². The average molecular weight is 213 g/mol. The molecular weight excluding hydrogens is 194 g/mol. The van der Waals surface area contributed by atoms with Crippen molar-refractivity contribution in [1.82, 2.24) is 15.1 Å². The molecule has 0 bridgehead atoms. The maximum absolute atomic E-state index is 8.70. The zero-order valence-corrected chi connectivity index (χ0v) is 8.89.